The summed E-state index contributed by atoms with van der Waals surface area (Å²) >= 11 is 0. The second kappa shape index (κ2) is 5.71. The minimum Gasteiger partial charge on any atom is -0.496 e. The van der Waals surface area contributed by atoms with E-state index in [1.165, 1.54) is 6.92 Å². The number of hydrogen-bond donors (Lipinski definition) is 1. The van der Waals surface area contributed by atoms with Gasteiger partial charge in [0, 0.05) is 11.1 Å². The molecule has 0 amide bonds. The molecule has 1 aromatic carbocycles. The number of nitriles is 1. The van der Waals surface area contributed by atoms with Crippen molar-refractivity contribution in [3.05, 3.63) is 52.6 Å². The third-order valence-electron chi connectivity index (χ3n) is 3.43. The number of rotatable bonds is 3. The maximum Gasteiger partial charge on any atom is 0.205 e. The van der Waals surface area contributed by atoms with E-state index in [2.05, 4.69) is 0 Å². The lowest BCUT2D eigenvalue weighted by atomic mass is 9.81. The Kier molecular flexibility index (Phi) is 3.99. The van der Waals surface area contributed by atoms with Gasteiger partial charge >= 0.3 is 0 Å². The van der Waals surface area contributed by atoms with Crippen LogP contribution >= 0.6 is 0 Å². The highest BCUT2D eigenvalue weighted by molar-refractivity contribution is 5.97. The zero-order chi connectivity index (χ0) is 15.6. The average Bonchev–Trinajstić information content (AvgIpc) is 2.46. The highest BCUT2D eigenvalue weighted by Crippen LogP contribution is 2.42. The van der Waals surface area contributed by atoms with E-state index in [9.17, 15) is 10.1 Å². The summed E-state index contributed by atoms with van der Waals surface area (Å²) < 4.78 is 10.7. The van der Waals surface area contributed by atoms with Gasteiger partial charge in [0.15, 0.2) is 5.78 Å². The molecule has 0 fully saturated rings. The first-order valence-corrected chi connectivity index (χ1v) is 6.43. The van der Waals surface area contributed by atoms with E-state index in [-0.39, 0.29) is 17.2 Å². The van der Waals surface area contributed by atoms with Crippen molar-refractivity contribution in [1.29, 1.82) is 5.26 Å². The van der Waals surface area contributed by atoms with Crippen LogP contribution < -0.4 is 10.5 Å². The van der Waals surface area contributed by atoms with Crippen LogP contribution in [-0.2, 0) is 9.53 Å². The summed E-state index contributed by atoms with van der Waals surface area (Å²) in [5.41, 5.74) is 7.16. The van der Waals surface area contributed by atoms with Gasteiger partial charge in [0.05, 0.1) is 13.0 Å². The molecule has 0 saturated carbocycles. The molecule has 0 aliphatic carbocycles. The molecule has 5 heteroatoms. The molecule has 1 aliphatic rings. The van der Waals surface area contributed by atoms with Crippen LogP contribution in [0.4, 0.5) is 0 Å². The molecular weight excluding hydrogens is 268 g/mol. The Morgan fingerprint density at radius 3 is 2.67 bits per heavy atom. The summed E-state index contributed by atoms with van der Waals surface area (Å²) in [6.07, 6.45) is 0. The fourth-order valence-electron chi connectivity index (χ4n) is 2.55. The van der Waals surface area contributed by atoms with Crippen molar-refractivity contribution in [3.8, 4) is 11.8 Å². The molecule has 21 heavy (non-hydrogen) atoms. The molecule has 2 rings (SSSR count). The van der Waals surface area contributed by atoms with Crippen molar-refractivity contribution in [2.45, 2.75) is 19.8 Å². The summed E-state index contributed by atoms with van der Waals surface area (Å²) in [6.45, 7) is 3.11. The molecule has 1 aliphatic heterocycles. The third-order valence-corrected chi connectivity index (χ3v) is 3.43. The normalized spacial score (nSPS) is 18.1. The number of para-hydroxylation sites is 1. The van der Waals surface area contributed by atoms with Crippen molar-refractivity contribution >= 4 is 5.78 Å². The number of hydrogen-bond acceptors (Lipinski definition) is 5. The van der Waals surface area contributed by atoms with Crippen molar-refractivity contribution in [2.75, 3.05) is 7.11 Å². The minimum absolute atomic E-state index is 0.0240. The number of nitrogens with two attached hydrogens (primary N) is 1. The maximum atomic E-state index is 12.0. The number of benzene rings is 1. The van der Waals surface area contributed by atoms with E-state index >= 15 is 0 Å². The van der Waals surface area contributed by atoms with Crippen LogP contribution in [0.2, 0.25) is 0 Å². The Bertz CT molecular complexity index is 696. The van der Waals surface area contributed by atoms with Gasteiger partial charge in [-0.2, -0.15) is 5.26 Å². The fourth-order valence-corrected chi connectivity index (χ4v) is 2.55. The SMILES string of the molecule is COc1ccccc1[C@H]1C(C#N)=C(N)OC(C)=C1C(C)=O. The number of allylic oxidation sites excluding steroid dienone is 3. The fraction of sp³-hybridized carbons (Fsp3) is 0.250. The van der Waals surface area contributed by atoms with Crippen LogP contribution in [0, 0.1) is 11.3 Å². The quantitative estimate of drug-likeness (QED) is 0.921. The second-order valence-electron chi connectivity index (χ2n) is 4.69. The summed E-state index contributed by atoms with van der Waals surface area (Å²) in [6, 6.07) is 9.29. The first-order valence-electron chi connectivity index (χ1n) is 6.43. The van der Waals surface area contributed by atoms with Crippen LogP contribution in [0.5, 0.6) is 5.75 Å². The standard InChI is InChI=1S/C16H16N2O3/c1-9(19)14-10(2)21-16(18)12(8-17)15(14)11-6-4-5-7-13(11)20-3/h4-7,15H,18H2,1-3H3/t15-/m0/s1. The van der Waals surface area contributed by atoms with Gasteiger partial charge in [0.1, 0.15) is 23.2 Å². The Hall–Kier alpha value is -2.74. The highest BCUT2D eigenvalue weighted by atomic mass is 16.5. The molecule has 108 valence electrons. The number of nitrogens with zero attached hydrogens (tertiary/aromatic N) is 1. The van der Waals surface area contributed by atoms with Crippen LogP contribution in [0.3, 0.4) is 0 Å². The third kappa shape index (κ3) is 2.48. The van der Waals surface area contributed by atoms with Crippen LogP contribution in [0.1, 0.15) is 25.3 Å². The first-order chi connectivity index (χ1) is 10.0. The van der Waals surface area contributed by atoms with E-state index < -0.39 is 5.92 Å². The summed E-state index contributed by atoms with van der Waals surface area (Å²) in [7, 11) is 1.54. The predicted molar refractivity (Wildman–Crippen MR) is 77.0 cm³/mol. The van der Waals surface area contributed by atoms with Gasteiger partial charge in [-0.05, 0) is 19.9 Å². The van der Waals surface area contributed by atoms with Crippen molar-refractivity contribution < 1.29 is 14.3 Å². The average molecular weight is 284 g/mol. The maximum absolute atomic E-state index is 12.0. The lowest BCUT2D eigenvalue weighted by molar-refractivity contribution is -0.114. The largest absolute Gasteiger partial charge is 0.496 e. The highest BCUT2D eigenvalue weighted by Gasteiger charge is 2.35. The number of carbonyl (C=O) groups excluding carboxylic acids is 1. The molecule has 1 aromatic rings. The van der Waals surface area contributed by atoms with E-state index in [0.717, 1.165) is 0 Å². The van der Waals surface area contributed by atoms with Gasteiger partial charge in [0.2, 0.25) is 5.88 Å². The molecule has 0 bridgehead atoms. The van der Waals surface area contributed by atoms with Gasteiger partial charge in [-0.3, -0.25) is 4.79 Å². The van der Waals surface area contributed by atoms with E-state index in [1.807, 2.05) is 24.3 Å². The molecular formula is C16H16N2O3. The molecule has 0 radical (unpaired) electrons. The topological polar surface area (TPSA) is 85.3 Å². The van der Waals surface area contributed by atoms with Gasteiger partial charge in [-0.25, -0.2) is 0 Å². The van der Waals surface area contributed by atoms with Gasteiger partial charge in [-0.15, -0.1) is 0 Å². The Morgan fingerprint density at radius 2 is 2.10 bits per heavy atom. The smallest absolute Gasteiger partial charge is 0.205 e. The molecule has 5 nitrogen and oxygen atoms in total. The van der Waals surface area contributed by atoms with Gasteiger partial charge in [-0.1, -0.05) is 18.2 Å². The van der Waals surface area contributed by atoms with Gasteiger partial charge < -0.3 is 15.2 Å². The van der Waals surface area contributed by atoms with Crippen molar-refractivity contribution in [1.82, 2.24) is 0 Å². The van der Waals surface area contributed by atoms with Crippen LogP contribution in [0.15, 0.2) is 47.1 Å². The number of Topliss-reactive ketones (excluding diaryl/α,β-unsaturated/α-hetero) is 1. The second-order valence-corrected chi connectivity index (χ2v) is 4.69. The molecule has 0 aromatic heterocycles. The first kappa shape index (κ1) is 14.7. The monoisotopic (exact) mass is 284 g/mol. The summed E-state index contributed by atoms with van der Waals surface area (Å²) in [5, 5.41) is 9.40. The number of ether oxygens (including phenoxy) is 2. The zero-order valence-electron chi connectivity index (χ0n) is 12.1. The summed E-state index contributed by atoms with van der Waals surface area (Å²) in [5.74, 6) is 0.295. The minimum atomic E-state index is -0.572. The molecule has 1 heterocycles. The Labute approximate surface area is 123 Å². The van der Waals surface area contributed by atoms with E-state index in [1.54, 1.807) is 20.1 Å². The van der Waals surface area contributed by atoms with Crippen molar-refractivity contribution in [2.24, 2.45) is 5.73 Å². The Balaban J connectivity index is 2.72. The number of carbonyl (C=O) groups is 1. The lowest BCUT2D eigenvalue weighted by Crippen LogP contribution is -2.23. The Morgan fingerprint density at radius 1 is 1.43 bits per heavy atom. The molecule has 2 N–H and O–H groups in total. The van der Waals surface area contributed by atoms with Crippen LogP contribution in [-0.4, -0.2) is 12.9 Å². The lowest BCUT2D eigenvalue weighted by Gasteiger charge is -2.27. The molecule has 0 unspecified atom stereocenters. The number of ketones is 1. The predicted octanol–water partition coefficient (Wildman–Crippen LogP) is 2.37. The summed E-state index contributed by atoms with van der Waals surface area (Å²) in [4.78, 5) is 12.0. The zero-order valence-corrected chi connectivity index (χ0v) is 12.1. The van der Waals surface area contributed by atoms with E-state index in [4.69, 9.17) is 15.2 Å². The molecule has 0 spiro atoms. The van der Waals surface area contributed by atoms with Crippen LogP contribution in [0.25, 0.3) is 0 Å². The molecule has 1 atom stereocenters. The molecule has 0 saturated heterocycles. The number of methoxy groups -OCH3 is 1. The van der Waals surface area contributed by atoms with E-state index in [0.29, 0.717) is 22.6 Å². The van der Waals surface area contributed by atoms with Crippen molar-refractivity contribution in [3.63, 3.8) is 0 Å². The van der Waals surface area contributed by atoms with Gasteiger partial charge in [0.25, 0.3) is 0 Å².